The van der Waals surface area contributed by atoms with Gasteiger partial charge < -0.3 is 15.6 Å². The molecule has 6 heteroatoms. The van der Waals surface area contributed by atoms with Crippen LogP contribution in [0, 0.1) is 5.92 Å². The fourth-order valence-corrected chi connectivity index (χ4v) is 2.88. The number of rotatable bonds is 6. The van der Waals surface area contributed by atoms with E-state index in [1.807, 2.05) is 6.07 Å². The standard InChI is InChI=1S/C15H25N3O2.ClH/c1-3-10(4-2)14-8-13(20-18-14)9-17-15(19)11-5-6-12(16)7-11;/h8,10-12H,3-7,9,16H2,1-2H3,(H,17,19);1H. The molecule has 120 valence electrons. The van der Waals surface area contributed by atoms with Crippen molar-refractivity contribution in [3.8, 4) is 0 Å². The van der Waals surface area contributed by atoms with Crippen LogP contribution in [0.4, 0.5) is 0 Å². The highest BCUT2D eigenvalue weighted by Gasteiger charge is 2.27. The van der Waals surface area contributed by atoms with Crippen LogP contribution in [0.2, 0.25) is 0 Å². The third-order valence-electron chi connectivity index (χ3n) is 4.26. The maximum atomic E-state index is 12.0. The van der Waals surface area contributed by atoms with Crippen molar-refractivity contribution in [2.45, 2.75) is 64.5 Å². The molecular weight excluding hydrogens is 290 g/mol. The Balaban J connectivity index is 0.00000220. The highest BCUT2D eigenvalue weighted by molar-refractivity contribution is 5.85. The summed E-state index contributed by atoms with van der Waals surface area (Å²) in [6.45, 7) is 4.71. The first-order chi connectivity index (χ1) is 9.63. The van der Waals surface area contributed by atoms with Crippen LogP contribution in [0.1, 0.15) is 63.3 Å². The molecule has 1 aliphatic rings. The summed E-state index contributed by atoms with van der Waals surface area (Å²) in [5, 5.41) is 7.02. The molecule has 1 amide bonds. The van der Waals surface area contributed by atoms with E-state index >= 15 is 0 Å². The van der Waals surface area contributed by atoms with Gasteiger partial charge in [-0.05, 0) is 32.1 Å². The molecule has 1 saturated carbocycles. The number of carbonyl (C=O) groups excluding carboxylic acids is 1. The van der Waals surface area contributed by atoms with Gasteiger partial charge in [0.1, 0.15) is 0 Å². The van der Waals surface area contributed by atoms with E-state index in [9.17, 15) is 4.79 Å². The van der Waals surface area contributed by atoms with Gasteiger partial charge in [-0.15, -0.1) is 12.4 Å². The monoisotopic (exact) mass is 315 g/mol. The summed E-state index contributed by atoms with van der Waals surface area (Å²) in [4.78, 5) is 12.0. The third kappa shape index (κ3) is 4.71. The maximum absolute atomic E-state index is 12.0. The Morgan fingerprint density at radius 3 is 2.76 bits per heavy atom. The molecule has 1 aliphatic carbocycles. The molecule has 0 spiro atoms. The lowest BCUT2D eigenvalue weighted by Crippen LogP contribution is -2.29. The molecule has 0 bridgehead atoms. The van der Waals surface area contributed by atoms with Crippen LogP contribution in [0.25, 0.3) is 0 Å². The minimum absolute atomic E-state index is 0. The largest absolute Gasteiger partial charge is 0.359 e. The quantitative estimate of drug-likeness (QED) is 0.845. The summed E-state index contributed by atoms with van der Waals surface area (Å²) in [6, 6.07) is 2.13. The number of hydrogen-bond donors (Lipinski definition) is 2. The van der Waals surface area contributed by atoms with Gasteiger partial charge in [0.15, 0.2) is 5.76 Å². The summed E-state index contributed by atoms with van der Waals surface area (Å²) in [6.07, 6.45) is 4.73. The van der Waals surface area contributed by atoms with Crippen LogP contribution < -0.4 is 11.1 Å². The highest BCUT2D eigenvalue weighted by Crippen LogP contribution is 2.25. The number of nitrogens with one attached hydrogen (secondary N) is 1. The van der Waals surface area contributed by atoms with Crippen LogP contribution in [0.5, 0.6) is 0 Å². The Hall–Kier alpha value is -1.07. The molecule has 2 unspecified atom stereocenters. The van der Waals surface area contributed by atoms with Crippen molar-refractivity contribution < 1.29 is 9.32 Å². The summed E-state index contributed by atoms with van der Waals surface area (Å²) in [5.74, 6) is 1.31. The van der Waals surface area contributed by atoms with Gasteiger partial charge in [0.25, 0.3) is 0 Å². The summed E-state index contributed by atoms with van der Waals surface area (Å²) < 4.78 is 5.29. The van der Waals surface area contributed by atoms with E-state index in [1.165, 1.54) is 0 Å². The van der Waals surface area contributed by atoms with E-state index in [0.29, 0.717) is 12.5 Å². The number of carbonyl (C=O) groups is 1. The zero-order chi connectivity index (χ0) is 14.5. The smallest absolute Gasteiger partial charge is 0.223 e. The van der Waals surface area contributed by atoms with Crippen molar-refractivity contribution in [1.29, 1.82) is 0 Å². The van der Waals surface area contributed by atoms with Crippen molar-refractivity contribution >= 4 is 18.3 Å². The topological polar surface area (TPSA) is 81.2 Å². The van der Waals surface area contributed by atoms with Crippen molar-refractivity contribution in [3.05, 3.63) is 17.5 Å². The van der Waals surface area contributed by atoms with Gasteiger partial charge in [0, 0.05) is 23.9 Å². The molecule has 21 heavy (non-hydrogen) atoms. The summed E-state index contributed by atoms with van der Waals surface area (Å²) in [5.41, 5.74) is 6.82. The fourth-order valence-electron chi connectivity index (χ4n) is 2.88. The van der Waals surface area contributed by atoms with Crippen LogP contribution in [-0.4, -0.2) is 17.1 Å². The third-order valence-corrected chi connectivity index (χ3v) is 4.26. The Labute approximate surface area is 132 Å². The highest BCUT2D eigenvalue weighted by atomic mass is 35.5. The lowest BCUT2D eigenvalue weighted by Gasteiger charge is -2.09. The van der Waals surface area contributed by atoms with E-state index in [0.717, 1.165) is 43.6 Å². The zero-order valence-corrected chi connectivity index (χ0v) is 13.6. The fraction of sp³-hybridized carbons (Fsp3) is 0.733. The normalized spacial score (nSPS) is 21.3. The minimum atomic E-state index is 0. The number of aromatic nitrogens is 1. The molecular formula is C15H26ClN3O2. The van der Waals surface area contributed by atoms with Crippen molar-refractivity contribution in [2.24, 2.45) is 11.7 Å². The lowest BCUT2D eigenvalue weighted by molar-refractivity contribution is -0.125. The summed E-state index contributed by atoms with van der Waals surface area (Å²) >= 11 is 0. The van der Waals surface area contributed by atoms with Gasteiger partial charge in [-0.2, -0.15) is 0 Å². The van der Waals surface area contributed by atoms with Gasteiger partial charge in [0.2, 0.25) is 5.91 Å². The van der Waals surface area contributed by atoms with E-state index < -0.39 is 0 Å². The Morgan fingerprint density at radius 1 is 1.48 bits per heavy atom. The number of amides is 1. The molecule has 2 rings (SSSR count). The molecule has 0 aromatic carbocycles. The molecule has 2 atom stereocenters. The molecule has 1 aromatic rings. The molecule has 0 saturated heterocycles. The first-order valence-corrected chi connectivity index (χ1v) is 7.62. The Morgan fingerprint density at radius 2 is 2.19 bits per heavy atom. The molecule has 1 aromatic heterocycles. The van der Waals surface area contributed by atoms with Crippen molar-refractivity contribution in [3.63, 3.8) is 0 Å². The molecule has 0 radical (unpaired) electrons. The maximum Gasteiger partial charge on any atom is 0.223 e. The molecule has 1 heterocycles. The SMILES string of the molecule is CCC(CC)c1cc(CNC(=O)C2CCC(N)C2)on1.Cl. The van der Waals surface area contributed by atoms with E-state index in [-0.39, 0.29) is 30.3 Å². The second-order valence-corrected chi connectivity index (χ2v) is 5.72. The number of halogens is 1. The van der Waals surface area contributed by atoms with E-state index in [4.69, 9.17) is 10.3 Å². The average Bonchev–Trinajstić information content (AvgIpc) is 3.07. The van der Waals surface area contributed by atoms with Gasteiger partial charge in [0.05, 0.1) is 12.2 Å². The molecule has 1 fully saturated rings. The minimum Gasteiger partial charge on any atom is -0.359 e. The Kier molecular flexibility index (Phi) is 7.18. The van der Waals surface area contributed by atoms with Gasteiger partial charge in [-0.3, -0.25) is 4.79 Å². The predicted molar refractivity (Wildman–Crippen MR) is 84.2 cm³/mol. The average molecular weight is 316 g/mol. The van der Waals surface area contributed by atoms with Crippen LogP contribution in [0.15, 0.2) is 10.6 Å². The van der Waals surface area contributed by atoms with Gasteiger partial charge in [-0.25, -0.2) is 0 Å². The van der Waals surface area contributed by atoms with Crippen LogP contribution >= 0.6 is 12.4 Å². The molecule has 5 nitrogen and oxygen atoms in total. The molecule has 3 N–H and O–H groups in total. The van der Waals surface area contributed by atoms with Crippen LogP contribution in [-0.2, 0) is 11.3 Å². The second-order valence-electron chi connectivity index (χ2n) is 5.72. The number of hydrogen-bond acceptors (Lipinski definition) is 4. The first kappa shape index (κ1) is 18.0. The van der Waals surface area contributed by atoms with Crippen molar-refractivity contribution in [1.82, 2.24) is 10.5 Å². The Bertz CT molecular complexity index is 446. The molecule has 0 aliphatic heterocycles. The zero-order valence-electron chi connectivity index (χ0n) is 12.8. The van der Waals surface area contributed by atoms with Crippen LogP contribution in [0.3, 0.4) is 0 Å². The van der Waals surface area contributed by atoms with Crippen molar-refractivity contribution in [2.75, 3.05) is 0 Å². The number of nitrogens with zero attached hydrogens (tertiary/aromatic N) is 1. The van der Waals surface area contributed by atoms with Gasteiger partial charge >= 0.3 is 0 Å². The number of nitrogens with two attached hydrogens (primary N) is 1. The van der Waals surface area contributed by atoms with Gasteiger partial charge in [-0.1, -0.05) is 19.0 Å². The summed E-state index contributed by atoms with van der Waals surface area (Å²) in [7, 11) is 0. The predicted octanol–water partition coefficient (Wildman–Crippen LogP) is 2.74. The van der Waals surface area contributed by atoms with E-state index in [2.05, 4.69) is 24.3 Å². The van der Waals surface area contributed by atoms with E-state index in [1.54, 1.807) is 0 Å². The second kappa shape index (κ2) is 8.39. The first-order valence-electron chi connectivity index (χ1n) is 7.62. The lowest BCUT2D eigenvalue weighted by atomic mass is 9.99.